The van der Waals surface area contributed by atoms with Crippen LogP contribution >= 0.6 is 12.4 Å². The number of aromatic nitrogens is 2. The van der Waals surface area contributed by atoms with Crippen molar-refractivity contribution in [3.8, 4) is 0 Å². The first kappa shape index (κ1) is 14.9. The summed E-state index contributed by atoms with van der Waals surface area (Å²) in [7, 11) is 1.78. The fraction of sp³-hybridized carbons (Fsp3) is 0.600. The Labute approximate surface area is 102 Å². The maximum absolute atomic E-state index is 11.6. The maximum Gasteiger partial charge on any atom is 0.242 e. The normalized spacial score (nSPS) is 12.1. The van der Waals surface area contributed by atoms with Gasteiger partial charge in [-0.15, -0.1) is 12.4 Å². The van der Waals surface area contributed by atoms with Gasteiger partial charge in [-0.2, -0.15) is 5.10 Å². The predicted molar refractivity (Wildman–Crippen MR) is 66.6 cm³/mol. The summed E-state index contributed by atoms with van der Waals surface area (Å²) in [6, 6.07) is 1.32. The molecule has 0 aromatic carbocycles. The van der Waals surface area contributed by atoms with Crippen LogP contribution in [-0.2, 0) is 11.8 Å². The molecule has 0 aliphatic carbocycles. The average Bonchev–Trinajstić information content (AvgIpc) is 2.43. The molecule has 0 aliphatic rings. The smallest absolute Gasteiger partial charge is 0.242 e. The number of carbonyl (C=O) groups excluding carboxylic acids is 1. The van der Waals surface area contributed by atoms with Crippen molar-refractivity contribution in [3.05, 3.63) is 11.8 Å². The summed E-state index contributed by atoms with van der Waals surface area (Å²) in [5.41, 5.74) is 6.59. The van der Waals surface area contributed by atoms with Crippen LogP contribution in [0.4, 0.5) is 5.82 Å². The van der Waals surface area contributed by atoms with Crippen LogP contribution in [0.3, 0.4) is 0 Å². The van der Waals surface area contributed by atoms with Crippen LogP contribution in [0.1, 0.15) is 19.5 Å². The Morgan fingerprint density at radius 2 is 2.12 bits per heavy atom. The molecule has 0 spiro atoms. The molecule has 6 heteroatoms. The summed E-state index contributed by atoms with van der Waals surface area (Å²) in [5.74, 6) is 0.626. The van der Waals surface area contributed by atoms with Crippen LogP contribution in [0.5, 0.6) is 0 Å². The van der Waals surface area contributed by atoms with Crippen molar-refractivity contribution in [3.63, 3.8) is 0 Å². The topological polar surface area (TPSA) is 72.9 Å². The fourth-order valence-electron chi connectivity index (χ4n) is 1.24. The van der Waals surface area contributed by atoms with E-state index in [1.165, 1.54) is 0 Å². The largest absolute Gasteiger partial charge is 0.320 e. The molecule has 0 radical (unpaired) electrons. The second-order valence-electron chi connectivity index (χ2n) is 4.05. The minimum Gasteiger partial charge on any atom is -0.320 e. The molecule has 1 heterocycles. The van der Waals surface area contributed by atoms with Crippen molar-refractivity contribution in [2.24, 2.45) is 18.7 Å². The summed E-state index contributed by atoms with van der Waals surface area (Å²) in [6.07, 6.45) is 0. The molecule has 0 saturated heterocycles. The summed E-state index contributed by atoms with van der Waals surface area (Å²) in [4.78, 5) is 11.6. The van der Waals surface area contributed by atoms with Crippen molar-refractivity contribution in [1.82, 2.24) is 9.78 Å². The fourth-order valence-corrected chi connectivity index (χ4v) is 1.24. The number of nitrogens with two attached hydrogens (primary N) is 1. The molecule has 3 N–H and O–H groups in total. The number of nitrogens with zero attached hydrogens (tertiary/aromatic N) is 2. The Morgan fingerprint density at radius 1 is 1.56 bits per heavy atom. The van der Waals surface area contributed by atoms with E-state index in [-0.39, 0.29) is 24.2 Å². The van der Waals surface area contributed by atoms with E-state index in [2.05, 4.69) is 10.4 Å². The van der Waals surface area contributed by atoms with Gasteiger partial charge in [-0.05, 0) is 12.8 Å². The number of carbonyl (C=O) groups is 1. The number of hydrogen-bond acceptors (Lipinski definition) is 3. The van der Waals surface area contributed by atoms with Gasteiger partial charge < -0.3 is 11.1 Å². The highest BCUT2D eigenvalue weighted by Gasteiger charge is 2.18. The van der Waals surface area contributed by atoms with Crippen molar-refractivity contribution in [2.45, 2.75) is 26.8 Å². The Hall–Kier alpha value is -1.07. The van der Waals surface area contributed by atoms with Crippen LogP contribution in [0.15, 0.2) is 6.07 Å². The number of nitrogens with one attached hydrogen (secondary N) is 1. The first-order valence-corrected chi connectivity index (χ1v) is 4.99. The second kappa shape index (κ2) is 5.86. The molecule has 0 bridgehead atoms. The van der Waals surface area contributed by atoms with E-state index in [9.17, 15) is 4.79 Å². The highest BCUT2D eigenvalue weighted by atomic mass is 35.5. The van der Waals surface area contributed by atoms with E-state index in [0.717, 1.165) is 5.69 Å². The lowest BCUT2D eigenvalue weighted by atomic mass is 10.1. The molecular weight excluding hydrogens is 228 g/mol. The van der Waals surface area contributed by atoms with Crippen LogP contribution in [0.25, 0.3) is 0 Å². The molecule has 1 aromatic rings. The molecular formula is C10H19ClN4O. The van der Waals surface area contributed by atoms with Gasteiger partial charge in [0.15, 0.2) is 0 Å². The standard InChI is InChI=1S/C10H18N4O.ClH/c1-6(2)9(11)10(15)12-8-5-7(3)13-14(8)4;/h5-6,9H,11H2,1-4H3,(H,12,15);1H/t9-;/m1./s1. The maximum atomic E-state index is 11.6. The highest BCUT2D eigenvalue weighted by molar-refractivity contribution is 5.94. The second-order valence-corrected chi connectivity index (χ2v) is 4.05. The lowest BCUT2D eigenvalue weighted by molar-refractivity contribution is -0.118. The Bertz CT molecular complexity index is 362. The zero-order chi connectivity index (χ0) is 11.6. The highest BCUT2D eigenvalue weighted by Crippen LogP contribution is 2.09. The molecule has 0 unspecified atom stereocenters. The number of anilines is 1. The average molecular weight is 247 g/mol. The first-order chi connectivity index (χ1) is 6.91. The van der Waals surface area contributed by atoms with E-state index in [1.807, 2.05) is 26.8 Å². The molecule has 92 valence electrons. The SMILES string of the molecule is Cc1cc(NC(=O)[C@H](N)C(C)C)n(C)n1.Cl. The molecule has 1 atom stereocenters. The van der Waals surface area contributed by atoms with Crippen molar-refractivity contribution in [2.75, 3.05) is 5.32 Å². The van der Waals surface area contributed by atoms with E-state index in [4.69, 9.17) is 5.73 Å². The Morgan fingerprint density at radius 3 is 2.50 bits per heavy atom. The van der Waals surface area contributed by atoms with Crippen LogP contribution in [-0.4, -0.2) is 21.7 Å². The minimum atomic E-state index is -0.486. The van der Waals surface area contributed by atoms with Gasteiger partial charge in [-0.3, -0.25) is 9.48 Å². The van der Waals surface area contributed by atoms with Gasteiger partial charge in [0.25, 0.3) is 0 Å². The van der Waals surface area contributed by atoms with Crippen LogP contribution in [0.2, 0.25) is 0 Å². The predicted octanol–water partition coefficient (Wildman–Crippen LogP) is 1.07. The summed E-state index contributed by atoms with van der Waals surface area (Å²) in [5, 5.41) is 6.88. The van der Waals surface area contributed by atoms with Crippen molar-refractivity contribution in [1.29, 1.82) is 0 Å². The minimum absolute atomic E-state index is 0. The number of rotatable bonds is 3. The van der Waals surface area contributed by atoms with Crippen molar-refractivity contribution >= 4 is 24.1 Å². The summed E-state index contributed by atoms with van der Waals surface area (Å²) in [6.45, 7) is 5.70. The van der Waals surface area contributed by atoms with Gasteiger partial charge >= 0.3 is 0 Å². The van der Waals surface area contributed by atoms with E-state index in [1.54, 1.807) is 11.7 Å². The van der Waals surface area contributed by atoms with Gasteiger partial charge in [-0.1, -0.05) is 13.8 Å². The van der Waals surface area contributed by atoms with Crippen molar-refractivity contribution < 1.29 is 4.79 Å². The summed E-state index contributed by atoms with van der Waals surface area (Å²) < 4.78 is 1.63. The molecule has 1 rings (SSSR count). The molecule has 0 saturated carbocycles. The van der Waals surface area contributed by atoms with Gasteiger partial charge in [0.05, 0.1) is 11.7 Å². The van der Waals surface area contributed by atoms with Gasteiger partial charge in [0.1, 0.15) is 5.82 Å². The number of halogens is 1. The zero-order valence-corrected chi connectivity index (χ0v) is 10.8. The molecule has 5 nitrogen and oxygen atoms in total. The monoisotopic (exact) mass is 246 g/mol. The molecule has 0 aliphatic heterocycles. The molecule has 0 fully saturated rings. The van der Waals surface area contributed by atoms with E-state index in [0.29, 0.717) is 5.82 Å². The molecule has 1 amide bonds. The van der Waals surface area contributed by atoms with E-state index >= 15 is 0 Å². The van der Waals surface area contributed by atoms with Crippen LogP contribution in [0, 0.1) is 12.8 Å². The van der Waals surface area contributed by atoms with Gasteiger partial charge in [0, 0.05) is 13.1 Å². The number of hydrogen-bond donors (Lipinski definition) is 2. The molecule has 1 aromatic heterocycles. The Kier molecular flexibility index (Phi) is 5.47. The molecule has 16 heavy (non-hydrogen) atoms. The van der Waals surface area contributed by atoms with Gasteiger partial charge in [0.2, 0.25) is 5.91 Å². The lowest BCUT2D eigenvalue weighted by Crippen LogP contribution is -2.40. The third kappa shape index (κ3) is 3.50. The van der Waals surface area contributed by atoms with Gasteiger partial charge in [-0.25, -0.2) is 0 Å². The summed E-state index contributed by atoms with van der Waals surface area (Å²) >= 11 is 0. The zero-order valence-electron chi connectivity index (χ0n) is 10.0. The quantitative estimate of drug-likeness (QED) is 0.838. The number of amides is 1. The van der Waals surface area contributed by atoms with Crippen LogP contribution < -0.4 is 11.1 Å². The number of aryl methyl sites for hydroxylation is 2. The van der Waals surface area contributed by atoms with E-state index < -0.39 is 6.04 Å². The Balaban J connectivity index is 0.00000225. The lowest BCUT2D eigenvalue weighted by Gasteiger charge is -2.14. The third-order valence-corrected chi connectivity index (χ3v) is 2.27. The third-order valence-electron chi connectivity index (χ3n) is 2.27. The first-order valence-electron chi connectivity index (χ1n) is 4.99.